The normalized spacial score (nSPS) is 11.5. The molecule has 8 N–H and O–H groups in total. The molecule has 0 aliphatic heterocycles. The van der Waals surface area contributed by atoms with E-state index in [-0.39, 0.29) is 25.2 Å². The van der Waals surface area contributed by atoms with Crippen molar-refractivity contribution in [2.75, 3.05) is 29.0 Å². The maximum Gasteiger partial charge on any atom is 0.337 e. The third kappa shape index (κ3) is 8.37. The Morgan fingerprint density at radius 3 is 2.55 bits per heavy atom. The van der Waals surface area contributed by atoms with Crippen LogP contribution in [0.15, 0.2) is 59.1 Å². The number of para-hydroxylation sites is 1. The van der Waals surface area contributed by atoms with Gasteiger partial charge in [-0.05, 0) is 43.3 Å². The van der Waals surface area contributed by atoms with Crippen LogP contribution in [0.2, 0.25) is 10.0 Å². The van der Waals surface area contributed by atoms with Gasteiger partial charge in [-0.2, -0.15) is 0 Å². The molecule has 4 aromatic rings. The number of carboxylic acid groups (broad SMARTS) is 2. The van der Waals surface area contributed by atoms with E-state index in [0.29, 0.717) is 55.8 Å². The lowest BCUT2D eigenvalue weighted by molar-refractivity contribution is -0.139. The van der Waals surface area contributed by atoms with Gasteiger partial charge in [0.05, 0.1) is 47.2 Å². The summed E-state index contributed by atoms with van der Waals surface area (Å²) in [7, 11) is 0. The molecule has 0 aliphatic carbocycles. The van der Waals surface area contributed by atoms with Gasteiger partial charge in [-0.3, -0.25) is 9.59 Å². The minimum Gasteiger partial charge on any atom is -0.481 e. The Morgan fingerprint density at radius 1 is 1.02 bits per heavy atom. The molecule has 0 spiro atoms. The molecule has 1 amide bonds. The molecular weight excluding hydrogens is 613 g/mol. The van der Waals surface area contributed by atoms with Crippen molar-refractivity contribution in [1.29, 1.82) is 0 Å². The van der Waals surface area contributed by atoms with Crippen LogP contribution in [0.4, 0.5) is 22.9 Å². The number of carbonyl (C=O) groups excluding carboxylic acids is 1. The van der Waals surface area contributed by atoms with E-state index < -0.39 is 30.3 Å². The second kappa shape index (κ2) is 14.6. The topological polar surface area (TPSA) is 205 Å². The van der Waals surface area contributed by atoms with Crippen LogP contribution in [0.25, 0.3) is 11.3 Å². The van der Waals surface area contributed by atoms with Gasteiger partial charge in [0.1, 0.15) is 5.69 Å². The average molecular weight is 643 g/mol. The molecule has 0 saturated heterocycles. The predicted octanol–water partition coefficient (Wildman–Crippen LogP) is 4.74. The van der Waals surface area contributed by atoms with Crippen molar-refractivity contribution in [3.63, 3.8) is 0 Å². The van der Waals surface area contributed by atoms with Crippen molar-refractivity contribution < 1.29 is 29.0 Å². The molecule has 1 unspecified atom stereocenters. The lowest BCUT2D eigenvalue weighted by atomic mass is 10.1. The molecule has 2 heterocycles. The molecule has 44 heavy (non-hydrogen) atoms. The summed E-state index contributed by atoms with van der Waals surface area (Å²) in [5, 5.41) is 31.6. The molecule has 1 atom stereocenters. The number of halogens is 2. The number of amides is 1. The molecule has 0 fully saturated rings. The Labute approximate surface area is 261 Å². The number of aryl methyl sites for hydroxylation is 1. The van der Waals surface area contributed by atoms with Crippen molar-refractivity contribution >= 4 is 63.9 Å². The SMILES string of the molecule is Cc1cc(NCCNC(=O)C(N)CC(=O)O)c(NCc2ncc(-c3cc(Cl)ccc3Cl)o2)c(Nc2ccccc2C(=O)O)n1. The first-order valence-electron chi connectivity index (χ1n) is 13.3. The number of hydrogen-bond donors (Lipinski definition) is 7. The number of aliphatic carboxylic acids is 1. The van der Waals surface area contributed by atoms with Crippen LogP contribution < -0.4 is 27.0 Å². The smallest absolute Gasteiger partial charge is 0.337 e. The van der Waals surface area contributed by atoms with Crippen molar-refractivity contribution in [3.8, 4) is 11.3 Å². The fourth-order valence-corrected chi connectivity index (χ4v) is 4.53. The average Bonchev–Trinajstić information content (AvgIpc) is 3.44. The van der Waals surface area contributed by atoms with Gasteiger partial charge in [-0.25, -0.2) is 14.8 Å². The Morgan fingerprint density at radius 2 is 1.80 bits per heavy atom. The minimum absolute atomic E-state index is 0.0485. The summed E-state index contributed by atoms with van der Waals surface area (Å²) in [5.41, 5.74) is 8.21. The van der Waals surface area contributed by atoms with E-state index >= 15 is 0 Å². The Balaban J connectivity index is 1.58. The monoisotopic (exact) mass is 641 g/mol. The highest BCUT2D eigenvalue weighted by Gasteiger charge is 2.19. The first-order chi connectivity index (χ1) is 21.0. The Bertz CT molecular complexity index is 1680. The minimum atomic E-state index is -1.18. The number of carbonyl (C=O) groups is 3. The van der Waals surface area contributed by atoms with Crippen LogP contribution in [0.1, 0.15) is 28.4 Å². The van der Waals surface area contributed by atoms with Gasteiger partial charge in [-0.15, -0.1) is 0 Å². The lowest BCUT2D eigenvalue weighted by Gasteiger charge is -2.19. The zero-order valence-corrected chi connectivity index (χ0v) is 24.9. The van der Waals surface area contributed by atoms with E-state index in [1.54, 1.807) is 49.4 Å². The summed E-state index contributed by atoms with van der Waals surface area (Å²) < 4.78 is 5.92. The van der Waals surface area contributed by atoms with Crippen LogP contribution in [0, 0.1) is 6.92 Å². The number of pyridine rings is 1. The second-order valence-electron chi connectivity index (χ2n) is 9.53. The van der Waals surface area contributed by atoms with Gasteiger partial charge in [-0.1, -0.05) is 35.3 Å². The van der Waals surface area contributed by atoms with Crippen molar-refractivity contribution in [2.45, 2.75) is 25.9 Å². The lowest BCUT2D eigenvalue weighted by Crippen LogP contribution is -2.43. The molecule has 0 aliphatic rings. The van der Waals surface area contributed by atoms with E-state index in [1.807, 2.05) is 0 Å². The van der Waals surface area contributed by atoms with Gasteiger partial charge < -0.3 is 41.6 Å². The number of rotatable bonds is 14. The molecule has 4 rings (SSSR count). The number of anilines is 4. The molecule has 15 heteroatoms. The predicted molar refractivity (Wildman–Crippen MR) is 167 cm³/mol. The summed E-state index contributed by atoms with van der Waals surface area (Å²) in [5.74, 6) is -1.83. The fraction of sp³-hybridized carbons (Fsp3) is 0.207. The summed E-state index contributed by atoms with van der Waals surface area (Å²) in [6.45, 7) is 2.25. The van der Waals surface area contributed by atoms with Crippen LogP contribution in [0.3, 0.4) is 0 Å². The summed E-state index contributed by atoms with van der Waals surface area (Å²) in [6, 6.07) is 12.0. The molecule has 2 aromatic heterocycles. The number of nitrogens with two attached hydrogens (primary N) is 1. The molecule has 0 radical (unpaired) electrons. The third-order valence-corrected chi connectivity index (χ3v) is 6.76. The summed E-state index contributed by atoms with van der Waals surface area (Å²) >= 11 is 12.4. The van der Waals surface area contributed by atoms with Gasteiger partial charge in [0.25, 0.3) is 0 Å². The number of oxazole rings is 1. The largest absolute Gasteiger partial charge is 0.481 e. The first kappa shape index (κ1) is 32.1. The van der Waals surface area contributed by atoms with Gasteiger partial charge in [0.2, 0.25) is 11.8 Å². The number of aromatic carboxylic acids is 1. The van der Waals surface area contributed by atoms with E-state index in [0.717, 1.165) is 0 Å². The molecular formula is C29H29Cl2N7O6. The molecule has 230 valence electrons. The number of nitrogens with zero attached hydrogens (tertiary/aromatic N) is 2. The maximum atomic E-state index is 12.1. The number of carboxylic acids is 2. The Kier molecular flexibility index (Phi) is 10.6. The second-order valence-corrected chi connectivity index (χ2v) is 10.4. The first-order valence-corrected chi connectivity index (χ1v) is 14.0. The summed E-state index contributed by atoms with van der Waals surface area (Å²) in [6.07, 6.45) is 1.04. The van der Waals surface area contributed by atoms with Crippen LogP contribution in [-0.2, 0) is 16.1 Å². The van der Waals surface area contributed by atoms with Gasteiger partial charge in [0.15, 0.2) is 11.6 Å². The quantitative estimate of drug-likeness (QED) is 0.0933. The fourth-order valence-electron chi connectivity index (χ4n) is 4.15. The Hall–Kier alpha value is -4.85. The zero-order chi connectivity index (χ0) is 31.8. The number of nitrogens with one attached hydrogen (secondary N) is 4. The maximum absolute atomic E-state index is 12.1. The van der Waals surface area contributed by atoms with Crippen molar-refractivity contribution in [3.05, 3.63) is 81.9 Å². The third-order valence-electron chi connectivity index (χ3n) is 6.19. The van der Waals surface area contributed by atoms with E-state index in [1.165, 1.54) is 12.3 Å². The van der Waals surface area contributed by atoms with E-state index in [4.69, 9.17) is 38.5 Å². The molecule has 13 nitrogen and oxygen atoms in total. The van der Waals surface area contributed by atoms with Crippen molar-refractivity contribution in [1.82, 2.24) is 15.3 Å². The molecule has 2 aromatic carbocycles. The molecule has 0 saturated carbocycles. The summed E-state index contributed by atoms with van der Waals surface area (Å²) in [4.78, 5) is 43.7. The van der Waals surface area contributed by atoms with Crippen LogP contribution in [0.5, 0.6) is 0 Å². The number of benzene rings is 2. The zero-order valence-electron chi connectivity index (χ0n) is 23.4. The van der Waals surface area contributed by atoms with Gasteiger partial charge in [0, 0.05) is 29.4 Å². The highest BCUT2D eigenvalue weighted by atomic mass is 35.5. The standard InChI is InChI=1S/C29H29Cl2N7O6/c1-15-10-22(33-8-9-34-28(41)20(32)12-25(39)40)26(27(37-15)38-21-5-3-2-4-17(21)29(42)43)36-14-24-35-13-23(44-24)18-11-16(30)6-7-19(18)31/h2-7,10-11,13,20,36H,8-9,12,14,32H2,1H3,(H,34,41)(H,39,40)(H,42,43)(H2,33,37,38). The number of aromatic nitrogens is 2. The van der Waals surface area contributed by atoms with Crippen LogP contribution >= 0.6 is 23.2 Å². The van der Waals surface area contributed by atoms with E-state index in [9.17, 15) is 19.5 Å². The molecule has 0 bridgehead atoms. The highest BCUT2D eigenvalue weighted by molar-refractivity contribution is 6.35. The van der Waals surface area contributed by atoms with Gasteiger partial charge >= 0.3 is 11.9 Å². The van der Waals surface area contributed by atoms with Crippen LogP contribution in [-0.4, -0.2) is 57.2 Å². The number of hydrogen-bond acceptors (Lipinski definition) is 10. The van der Waals surface area contributed by atoms with Crippen molar-refractivity contribution in [2.24, 2.45) is 5.73 Å². The van der Waals surface area contributed by atoms with E-state index in [2.05, 4.69) is 31.2 Å². The highest BCUT2D eigenvalue weighted by Crippen LogP contribution is 2.35.